The number of rotatable bonds is 2. The number of aliphatic hydroxyl groups excluding tert-OH is 1. The fourth-order valence-electron chi connectivity index (χ4n) is 1.78. The molecular weight excluding hydrogens is 204 g/mol. The zero-order valence-corrected chi connectivity index (χ0v) is 8.74. The van der Waals surface area contributed by atoms with Crippen LogP contribution in [0.2, 0.25) is 5.02 Å². The van der Waals surface area contributed by atoms with Crippen molar-refractivity contribution in [1.82, 2.24) is 9.78 Å². The van der Waals surface area contributed by atoms with E-state index in [0.29, 0.717) is 17.3 Å². The normalized spacial score (nSPS) is 24.1. The van der Waals surface area contributed by atoms with Crippen molar-refractivity contribution in [2.24, 2.45) is 13.0 Å². The molecule has 1 aliphatic rings. The molecule has 0 aliphatic carbocycles. The molecule has 1 aromatic heterocycles. The van der Waals surface area contributed by atoms with Crippen LogP contribution in [0, 0.1) is 5.92 Å². The third-order valence-electron chi connectivity index (χ3n) is 2.63. The first kappa shape index (κ1) is 9.96. The van der Waals surface area contributed by atoms with E-state index in [-0.39, 0.29) is 5.92 Å². The second-order valence-corrected chi connectivity index (χ2v) is 3.98. The molecule has 0 bridgehead atoms. The van der Waals surface area contributed by atoms with E-state index in [0.717, 1.165) is 13.0 Å². The van der Waals surface area contributed by atoms with E-state index >= 15 is 0 Å². The topological polar surface area (TPSA) is 47.3 Å². The highest BCUT2D eigenvalue weighted by atomic mass is 35.5. The quantitative estimate of drug-likeness (QED) is 0.807. The minimum absolute atomic E-state index is 0.142. The molecule has 1 aromatic rings. The van der Waals surface area contributed by atoms with Gasteiger partial charge in [-0.3, -0.25) is 4.68 Å². The van der Waals surface area contributed by atoms with E-state index in [1.54, 1.807) is 17.9 Å². The number of hydrogen-bond donors (Lipinski definition) is 1. The molecule has 2 unspecified atom stereocenters. The number of halogens is 1. The van der Waals surface area contributed by atoms with Gasteiger partial charge in [-0.05, 0) is 6.42 Å². The first-order chi connectivity index (χ1) is 6.70. The molecule has 0 radical (unpaired) electrons. The van der Waals surface area contributed by atoms with Gasteiger partial charge in [-0.1, -0.05) is 11.6 Å². The van der Waals surface area contributed by atoms with Gasteiger partial charge in [0.25, 0.3) is 0 Å². The average Bonchev–Trinajstić information content (AvgIpc) is 2.75. The van der Waals surface area contributed by atoms with Crippen molar-refractivity contribution in [3.63, 3.8) is 0 Å². The van der Waals surface area contributed by atoms with Gasteiger partial charge in [-0.25, -0.2) is 0 Å². The van der Waals surface area contributed by atoms with Crippen LogP contribution in [0.1, 0.15) is 18.2 Å². The van der Waals surface area contributed by atoms with Crippen LogP contribution in [0.25, 0.3) is 0 Å². The zero-order chi connectivity index (χ0) is 10.1. The summed E-state index contributed by atoms with van der Waals surface area (Å²) in [5.41, 5.74) is 0.683. The Morgan fingerprint density at radius 1 is 1.79 bits per heavy atom. The summed E-state index contributed by atoms with van der Waals surface area (Å²) in [4.78, 5) is 0. The summed E-state index contributed by atoms with van der Waals surface area (Å²) in [6.07, 6.45) is 1.86. The Morgan fingerprint density at radius 2 is 2.57 bits per heavy atom. The van der Waals surface area contributed by atoms with Crippen LogP contribution in [-0.4, -0.2) is 28.1 Å². The first-order valence-corrected chi connectivity index (χ1v) is 5.01. The standard InChI is InChI=1S/C9H13ClN2O2/c1-12-8(7(10)4-11-12)9(13)6-2-3-14-5-6/h4,6,9,13H,2-3,5H2,1H3. The number of ether oxygens (including phenoxy) is 1. The van der Waals surface area contributed by atoms with Gasteiger partial charge in [-0.2, -0.15) is 5.10 Å². The predicted octanol–water partition coefficient (Wildman–Crippen LogP) is 1.14. The Kier molecular flexibility index (Phi) is 2.76. The molecule has 4 nitrogen and oxygen atoms in total. The van der Waals surface area contributed by atoms with E-state index in [1.165, 1.54) is 0 Å². The first-order valence-electron chi connectivity index (χ1n) is 4.63. The summed E-state index contributed by atoms with van der Waals surface area (Å²) >= 11 is 5.93. The largest absolute Gasteiger partial charge is 0.386 e. The molecule has 0 aromatic carbocycles. The van der Waals surface area contributed by atoms with Crippen molar-refractivity contribution >= 4 is 11.6 Å². The maximum absolute atomic E-state index is 10.0. The maximum Gasteiger partial charge on any atom is 0.102 e. The number of hydrogen-bond acceptors (Lipinski definition) is 3. The molecule has 5 heteroatoms. The highest BCUT2D eigenvalue weighted by Gasteiger charge is 2.28. The smallest absolute Gasteiger partial charge is 0.102 e. The fourth-order valence-corrected chi connectivity index (χ4v) is 2.06. The van der Waals surface area contributed by atoms with Crippen LogP contribution in [0.3, 0.4) is 0 Å². The second kappa shape index (κ2) is 3.88. The van der Waals surface area contributed by atoms with E-state index in [2.05, 4.69) is 5.10 Å². The van der Waals surface area contributed by atoms with Crippen LogP contribution in [-0.2, 0) is 11.8 Å². The van der Waals surface area contributed by atoms with Crippen molar-refractivity contribution in [3.05, 3.63) is 16.9 Å². The third-order valence-corrected chi connectivity index (χ3v) is 2.92. The molecular formula is C9H13ClN2O2. The molecule has 2 heterocycles. The van der Waals surface area contributed by atoms with Crippen molar-refractivity contribution in [3.8, 4) is 0 Å². The Balaban J connectivity index is 2.21. The van der Waals surface area contributed by atoms with Gasteiger partial charge < -0.3 is 9.84 Å². The molecule has 0 saturated carbocycles. The van der Waals surface area contributed by atoms with Crippen LogP contribution in [0.4, 0.5) is 0 Å². The van der Waals surface area contributed by atoms with E-state index < -0.39 is 6.10 Å². The molecule has 1 N–H and O–H groups in total. The van der Waals surface area contributed by atoms with Crippen molar-refractivity contribution < 1.29 is 9.84 Å². The number of aliphatic hydroxyl groups is 1. The Hall–Kier alpha value is -0.580. The molecule has 0 spiro atoms. The molecule has 1 aliphatic heterocycles. The van der Waals surface area contributed by atoms with Gasteiger partial charge in [0, 0.05) is 19.6 Å². The Labute approximate surface area is 87.4 Å². The summed E-state index contributed by atoms with van der Waals surface area (Å²) in [5, 5.41) is 14.6. The minimum atomic E-state index is -0.572. The SMILES string of the molecule is Cn1ncc(Cl)c1C(O)C1CCOC1. The molecule has 2 rings (SSSR count). The van der Waals surface area contributed by atoms with Gasteiger partial charge >= 0.3 is 0 Å². The molecule has 1 saturated heterocycles. The van der Waals surface area contributed by atoms with Gasteiger partial charge in [0.1, 0.15) is 6.10 Å². The van der Waals surface area contributed by atoms with Gasteiger partial charge in [0.2, 0.25) is 0 Å². The van der Waals surface area contributed by atoms with Crippen LogP contribution >= 0.6 is 11.6 Å². The zero-order valence-electron chi connectivity index (χ0n) is 7.98. The third kappa shape index (κ3) is 1.65. The average molecular weight is 217 g/mol. The molecule has 14 heavy (non-hydrogen) atoms. The van der Waals surface area contributed by atoms with Crippen LogP contribution < -0.4 is 0 Å². The monoisotopic (exact) mass is 216 g/mol. The van der Waals surface area contributed by atoms with Crippen LogP contribution in [0.5, 0.6) is 0 Å². The summed E-state index contributed by atoms with van der Waals surface area (Å²) in [6, 6.07) is 0. The van der Waals surface area contributed by atoms with Gasteiger partial charge in [0.05, 0.1) is 23.5 Å². The van der Waals surface area contributed by atoms with Crippen molar-refractivity contribution in [2.45, 2.75) is 12.5 Å². The maximum atomic E-state index is 10.0. The number of nitrogens with zero attached hydrogens (tertiary/aromatic N) is 2. The number of aryl methyl sites for hydroxylation is 1. The molecule has 78 valence electrons. The van der Waals surface area contributed by atoms with E-state index in [1.807, 2.05) is 0 Å². The van der Waals surface area contributed by atoms with Gasteiger partial charge in [0.15, 0.2) is 0 Å². The van der Waals surface area contributed by atoms with E-state index in [9.17, 15) is 5.11 Å². The summed E-state index contributed by atoms with van der Waals surface area (Å²) in [5.74, 6) is 0.142. The van der Waals surface area contributed by atoms with Crippen molar-refractivity contribution in [1.29, 1.82) is 0 Å². The molecule has 0 amide bonds. The summed E-state index contributed by atoms with van der Waals surface area (Å²) in [6.45, 7) is 1.32. The van der Waals surface area contributed by atoms with Crippen LogP contribution in [0.15, 0.2) is 6.20 Å². The minimum Gasteiger partial charge on any atom is -0.386 e. The summed E-state index contributed by atoms with van der Waals surface area (Å²) < 4.78 is 6.84. The lowest BCUT2D eigenvalue weighted by atomic mass is 9.99. The lowest BCUT2D eigenvalue weighted by Gasteiger charge is -2.16. The second-order valence-electron chi connectivity index (χ2n) is 3.57. The summed E-state index contributed by atoms with van der Waals surface area (Å²) in [7, 11) is 1.78. The fraction of sp³-hybridized carbons (Fsp3) is 0.667. The highest BCUT2D eigenvalue weighted by molar-refractivity contribution is 6.31. The van der Waals surface area contributed by atoms with Gasteiger partial charge in [-0.15, -0.1) is 0 Å². The molecule has 1 fully saturated rings. The Bertz CT molecular complexity index is 301. The van der Waals surface area contributed by atoms with E-state index in [4.69, 9.17) is 16.3 Å². The lowest BCUT2D eigenvalue weighted by molar-refractivity contribution is 0.0855. The number of aromatic nitrogens is 2. The van der Waals surface area contributed by atoms with Crippen molar-refractivity contribution in [2.75, 3.05) is 13.2 Å². The molecule has 2 atom stereocenters. The highest BCUT2D eigenvalue weighted by Crippen LogP contribution is 2.31. The predicted molar refractivity (Wildman–Crippen MR) is 52.1 cm³/mol. The Morgan fingerprint density at radius 3 is 3.07 bits per heavy atom. The lowest BCUT2D eigenvalue weighted by Crippen LogP contribution is -2.16.